The summed E-state index contributed by atoms with van der Waals surface area (Å²) < 4.78 is 11.8. The highest BCUT2D eigenvalue weighted by molar-refractivity contribution is 7.09. The van der Waals surface area contributed by atoms with Gasteiger partial charge in [0, 0.05) is 39.4 Å². The summed E-state index contributed by atoms with van der Waals surface area (Å²) in [5.74, 6) is -1.01. The van der Waals surface area contributed by atoms with E-state index < -0.39 is 23.7 Å². The van der Waals surface area contributed by atoms with E-state index in [0.717, 1.165) is 23.4 Å². The Morgan fingerprint density at radius 1 is 1.24 bits per heavy atom. The van der Waals surface area contributed by atoms with Gasteiger partial charge in [-0.2, -0.15) is 0 Å². The normalized spacial score (nSPS) is 19.5. The first kappa shape index (κ1) is 39.3. The van der Waals surface area contributed by atoms with E-state index in [0.29, 0.717) is 19.4 Å². The van der Waals surface area contributed by atoms with Crippen molar-refractivity contribution in [2.45, 2.75) is 109 Å². The van der Waals surface area contributed by atoms with Crippen LogP contribution in [0.5, 0.6) is 0 Å². The molecule has 0 radical (unpaired) electrons. The summed E-state index contributed by atoms with van der Waals surface area (Å²) in [6.45, 7) is 17.3. The first-order chi connectivity index (χ1) is 21.7. The third-order valence-corrected chi connectivity index (χ3v) is 9.88. The zero-order valence-corrected chi connectivity index (χ0v) is 29.8. The third-order valence-electron chi connectivity index (χ3n) is 8.99. The third kappa shape index (κ3) is 10.9. The first-order valence-corrected chi connectivity index (χ1v) is 17.1. The molecule has 1 aliphatic rings. The smallest absolute Gasteiger partial charge is 0.226 e. The number of nitrogens with one attached hydrogen (secondary N) is 1. The predicted molar refractivity (Wildman–Crippen MR) is 183 cm³/mol. The highest BCUT2D eigenvalue weighted by atomic mass is 32.1. The standard InChI is InChI=1S/C35H56N4O6S/c1-11-15-25(13-3)20-26(34-36-17-19-46-34)37-33(42)24(5)32(45-10)27-16-14-18-39(27)29(40)21-28(44-9)31(23(4)12-2)38(8)30(41)22-35(6,7)43/h11,13,15,17,19,23-24,26-28,31-32,43H,1,3,12,14,16,18,20-22H2,2,4-10H3,(H,37,42)/b25-15+. The molecule has 0 bridgehead atoms. The van der Waals surface area contributed by atoms with E-state index in [2.05, 4.69) is 23.5 Å². The summed E-state index contributed by atoms with van der Waals surface area (Å²) in [5.41, 5.74) is -0.226. The Kier molecular flexibility index (Phi) is 15.8. The molecule has 258 valence electrons. The van der Waals surface area contributed by atoms with Crippen LogP contribution in [0.4, 0.5) is 0 Å². The average Bonchev–Trinajstić information content (AvgIpc) is 3.72. The van der Waals surface area contributed by atoms with Crippen LogP contribution in [-0.2, 0) is 23.9 Å². The summed E-state index contributed by atoms with van der Waals surface area (Å²) >= 11 is 1.47. The molecule has 1 aliphatic heterocycles. The number of carbonyl (C=O) groups excluding carboxylic acids is 3. The van der Waals surface area contributed by atoms with Crippen LogP contribution in [0.15, 0.2) is 48.5 Å². The van der Waals surface area contributed by atoms with Crippen LogP contribution in [0.3, 0.4) is 0 Å². The molecule has 0 saturated carbocycles. The zero-order chi connectivity index (χ0) is 34.6. The molecule has 10 nitrogen and oxygen atoms in total. The molecule has 46 heavy (non-hydrogen) atoms. The molecule has 7 atom stereocenters. The number of aromatic nitrogens is 1. The van der Waals surface area contributed by atoms with Gasteiger partial charge >= 0.3 is 0 Å². The molecule has 7 unspecified atom stereocenters. The van der Waals surface area contributed by atoms with Crippen LogP contribution in [0.25, 0.3) is 0 Å². The van der Waals surface area contributed by atoms with Gasteiger partial charge in [-0.15, -0.1) is 11.3 Å². The lowest BCUT2D eigenvalue weighted by Crippen LogP contribution is -2.53. The van der Waals surface area contributed by atoms with E-state index in [9.17, 15) is 19.5 Å². The van der Waals surface area contributed by atoms with Gasteiger partial charge in [0.05, 0.1) is 54.7 Å². The lowest BCUT2D eigenvalue weighted by atomic mass is 9.89. The van der Waals surface area contributed by atoms with Gasteiger partial charge in [-0.25, -0.2) is 4.98 Å². The van der Waals surface area contributed by atoms with Gasteiger partial charge < -0.3 is 29.7 Å². The number of amides is 3. The Morgan fingerprint density at radius 2 is 1.93 bits per heavy atom. The Bertz CT molecular complexity index is 1180. The van der Waals surface area contributed by atoms with E-state index >= 15 is 0 Å². The van der Waals surface area contributed by atoms with Crippen molar-refractivity contribution < 1.29 is 29.0 Å². The van der Waals surface area contributed by atoms with E-state index in [1.54, 1.807) is 58.4 Å². The fourth-order valence-corrected chi connectivity index (χ4v) is 7.03. The molecule has 2 N–H and O–H groups in total. The maximum absolute atomic E-state index is 13.9. The van der Waals surface area contributed by atoms with Crippen molar-refractivity contribution in [3.63, 3.8) is 0 Å². The minimum atomic E-state index is -1.15. The SMILES string of the molecule is C=C/C=C(\C=C)CC(NC(=O)C(C)C(OC)C1CCCN1C(=O)CC(OC)C(C(C)CC)N(C)C(=O)CC(C)(C)O)c1nccs1. The number of rotatable bonds is 19. The minimum Gasteiger partial charge on any atom is -0.390 e. The lowest BCUT2D eigenvalue weighted by molar-refractivity contribution is -0.147. The van der Waals surface area contributed by atoms with Crippen LogP contribution in [0, 0.1) is 11.8 Å². The summed E-state index contributed by atoms with van der Waals surface area (Å²) in [6, 6.07) is -1.01. The lowest BCUT2D eigenvalue weighted by Gasteiger charge is -2.40. The van der Waals surface area contributed by atoms with Crippen molar-refractivity contribution in [1.82, 2.24) is 20.1 Å². The van der Waals surface area contributed by atoms with Gasteiger partial charge in [-0.05, 0) is 44.6 Å². The molecule has 0 spiro atoms. The van der Waals surface area contributed by atoms with Gasteiger partial charge in [-0.1, -0.05) is 58.6 Å². The number of likely N-dealkylation sites (N-methyl/N-ethyl adjacent to an activating group) is 1. The van der Waals surface area contributed by atoms with E-state index in [1.807, 2.05) is 37.1 Å². The maximum atomic E-state index is 13.9. The number of hydrogen-bond donors (Lipinski definition) is 2. The highest BCUT2D eigenvalue weighted by Gasteiger charge is 2.42. The van der Waals surface area contributed by atoms with Gasteiger partial charge in [0.25, 0.3) is 0 Å². The van der Waals surface area contributed by atoms with E-state index in [1.165, 1.54) is 11.3 Å². The topological polar surface area (TPSA) is 121 Å². The van der Waals surface area contributed by atoms with Crippen molar-refractivity contribution in [3.05, 3.63) is 53.5 Å². The summed E-state index contributed by atoms with van der Waals surface area (Å²) in [6.07, 6.45) is 8.76. The molecule has 0 aliphatic carbocycles. The van der Waals surface area contributed by atoms with Crippen molar-refractivity contribution in [2.75, 3.05) is 27.8 Å². The number of methoxy groups -OCH3 is 2. The second-order valence-corrected chi connectivity index (χ2v) is 13.9. The predicted octanol–water partition coefficient (Wildman–Crippen LogP) is 5.07. The van der Waals surface area contributed by atoms with Crippen LogP contribution < -0.4 is 5.32 Å². The average molecular weight is 661 g/mol. The van der Waals surface area contributed by atoms with Crippen molar-refractivity contribution in [3.8, 4) is 0 Å². The van der Waals surface area contributed by atoms with Crippen LogP contribution in [-0.4, -0.2) is 95.3 Å². The molecular weight excluding hydrogens is 604 g/mol. The van der Waals surface area contributed by atoms with Crippen molar-refractivity contribution in [2.24, 2.45) is 11.8 Å². The monoisotopic (exact) mass is 660 g/mol. The molecule has 1 aromatic heterocycles. The maximum Gasteiger partial charge on any atom is 0.226 e. The fraction of sp³-hybridized carbons (Fsp3) is 0.657. The van der Waals surface area contributed by atoms with Gasteiger partial charge in [0.1, 0.15) is 5.01 Å². The van der Waals surface area contributed by atoms with Crippen LogP contribution in [0.1, 0.15) is 84.2 Å². The van der Waals surface area contributed by atoms with Gasteiger partial charge in [0.15, 0.2) is 0 Å². The van der Waals surface area contributed by atoms with Crippen molar-refractivity contribution in [1.29, 1.82) is 0 Å². The number of allylic oxidation sites excluding steroid dienone is 3. The number of ether oxygens (including phenoxy) is 2. The minimum absolute atomic E-state index is 0.0344. The number of likely N-dealkylation sites (tertiary alicyclic amines) is 1. The quantitative estimate of drug-likeness (QED) is 0.199. The molecule has 1 aromatic rings. The number of carbonyl (C=O) groups is 3. The molecule has 2 rings (SSSR count). The van der Waals surface area contributed by atoms with Crippen LogP contribution >= 0.6 is 11.3 Å². The Morgan fingerprint density at radius 3 is 2.46 bits per heavy atom. The fourth-order valence-electron chi connectivity index (χ4n) is 6.34. The summed E-state index contributed by atoms with van der Waals surface area (Å²) in [5, 5.41) is 16.1. The molecule has 2 heterocycles. The van der Waals surface area contributed by atoms with E-state index in [4.69, 9.17) is 9.47 Å². The highest BCUT2D eigenvalue weighted by Crippen LogP contribution is 2.31. The number of nitrogens with zero attached hydrogens (tertiary/aromatic N) is 3. The molecular formula is C35H56N4O6S. The van der Waals surface area contributed by atoms with Gasteiger partial charge in [-0.3, -0.25) is 14.4 Å². The van der Waals surface area contributed by atoms with E-state index in [-0.39, 0.29) is 54.6 Å². The Labute approximate surface area is 279 Å². The molecule has 3 amide bonds. The zero-order valence-electron chi connectivity index (χ0n) is 29.0. The van der Waals surface area contributed by atoms with Crippen molar-refractivity contribution >= 4 is 29.1 Å². The number of hydrogen-bond acceptors (Lipinski definition) is 8. The molecule has 0 aromatic carbocycles. The number of thiazole rings is 1. The second-order valence-electron chi connectivity index (χ2n) is 13.0. The number of aliphatic hydroxyl groups is 1. The van der Waals surface area contributed by atoms with Crippen LogP contribution in [0.2, 0.25) is 0 Å². The van der Waals surface area contributed by atoms with Gasteiger partial charge in [0.2, 0.25) is 17.7 Å². The Balaban J connectivity index is 2.24. The second kappa shape index (κ2) is 18.5. The molecule has 1 saturated heterocycles. The summed E-state index contributed by atoms with van der Waals surface area (Å²) in [7, 11) is 4.86. The Hall–Kier alpha value is -2.86. The molecule has 1 fully saturated rings. The largest absolute Gasteiger partial charge is 0.390 e. The molecule has 11 heteroatoms. The summed E-state index contributed by atoms with van der Waals surface area (Å²) in [4.78, 5) is 48.6. The first-order valence-electron chi connectivity index (χ1n) is 16.2.